The first-order valence-corrected chi connectivity index (χ1v) is 4.44. The van der Waals surface area contributed by atoms with Crippen molar-refractivity contribution in [3.05, 3.63) is 0 Å². The van der Waals surface area contributed by atoms with Crippen LogP contribution in [0.4, 0.5) is 13.2 Å². The lowest BCUT2D eigenvalue weighted by molar-refractivity contribution is -0.308. The van der Waals surface area contributed by atoms with Gasteiger partial charge in [-0.2, -0.15) is 18.3 Å². The van der Waals surface area contributed by atoms with E-state index < -0.39 is 18.3 Å². The van der Waals surface area contributed by atoms with Crippen LogP contribution >= 0.6 is 0 Å². The van der Waals surface area contributed by atoms with E-state index in [1.54, 1.807) is 0 Å². The molecule has 0 aromatic carbocycles. The van der Waals surface area contributed by atoms with E-state index in [9.17, 15) is 23.1 Å². The summed E-state index contributed by atoms with van der Waals surface area (Å²) in [4.78, 5) is 10.00. The molecule has 1 atom stereocenters. The molecule has 0 amide bonds. The molecule has 0 aromatic heterocycles. The summed E-state index contributed by atoms with van der Waals surface area (Å²) in [7, 11) is 0. The fraction of sp³-hybridized carbons (Fsp3) is 0.750. The third kappa shape index (κ3) is 2.28. The summed E-state index contributed by atoms with van der Waals surface area (Å²) in [6.45, 7) is -0.0920. The number of unbranched alkanes of at least 4 members (excludes halogenated alkanes) is 1. The molecule has 0 aromatic rings. The highest BCUT2D eigenvalue weighted by molar-refractivity contribution is 5.61. The molecule has 1 aliphatic heterocycles. The molecule has 0 spiro atoms. The first-order chi connectivity index (χ1) is 6.92. The zero-order chi connectivity index (χ0) is 11.5. The van der Waals surface area contributed by atoms with Gasteiger partial charge in [-0.05, 0) is 6.42 Å². The smallest absolute Gasteiger partial charge is 0.362 e. The molecule has 15 heavy (non-hydrogen) atoms. The van der Waals surface area contributed by atoms with Crippen molar-refractivity contribution in [2.24, 2.45) is 5.10 Å². The number of carbonyl (C=O) groups is 1. The van der Waals surface area contributed by atoms with E-state index in [-0.39, 0.29) is 19.4 Å². The minimum Gasteiger partial charge on any atom is -0.362 e. The van der Waals surface area contributed by atoms with E-state index in [2.05, 4.69) is 5.10 Å². The first kappa shape index (κ1) is 12.0. The molecule has 0 saturated heterocycles. The highest BCUT2D eigenvalue weighted by Crippen LogP contribution is 2.38. The zero-order valence-electron chi connectivity index (χ0n) is 7.87. The highest BCUT2D eigenvalue weighted by atomic mass is 19.4. The van der Waals surface area contributed by atoms with E-state index >= 15 is 0 Å². The SMILES string of the molecule is O=CCCCN1N=CCC1(O)C(F)(F)F. The minimum absolute atomic E-state index is 0.0920. The average Bonchev–Trinajstić information content (AvgIpc) is 2.49. The zero-order valence-corrected chi connectivity index (χ0v) is 7.87. The van der Waals surface area contributed by atoms with E-state index in [1.807, 2.05) is 0 Å². The van der Waals surface area contributed by atoms with Crippen molar-refractivity contribution in [2.75, 3.05) is 6.54 Å². The Kier molecular flexibility index (Phi) is 3.33. The molecule has 7 heteroatoms. The standard InChI is InChI=1S/C8H11F3N2O2/c9-8(10,11)7(15)3-4-12-13(7)5-1-2-6-14/h4,6,15H,1-3,5H2. The van der Waals surface area contributed by atoms with Crippen molar-refractivity contribution in [1.29, 1.82) is 0 Å². The normalized spacial score (nSPS) is 26.0. The number of rotatable bonds is 4. The number of aliphatic hydroxyl groups is 1. The van der Waals surface area contributed by atoms with E-state index in [0.717, 1.165) is 6.21 Å². The molecule has 0 saturated carbocycles. The van der Waals surface area contributed by atoms with Crippen molar-refractivity contribution in [3.8, 4) is 0 Å². The van der Waals surface area contributed by atoms with Gasteiger partial charge in [0.05, 0.1) is 0 Å². The van der Waals surface area contributed by atoms with Crippen molar-refractivity contribution in [1.82, 2.24) is 5.01 Å². The number of hydrogen-bond donors (Lipinski definition) is 1. The second kappa shape index (κ2) is 4.18. The lowest BCUT2D eigenvalue weighted by Crippen LogP contribution is -2.54. The van der Waals surface area contributed by atoms with Gasteiger partial charge in [-0.1, -0.05) is 0 Å². The lowest BCUT2D eigenvalue weighted by atomic mass is 10.1. The Morgan fingerprint density at radius 2 is 2.27 bits per heavy atom. The molecule has 0 fully saturated rings. The molecular weight excluding hydrogens is 213 g/mol. The fourth-order valence-corrected chi connectivity index (χ4v) is 1.30. The third-order valence-electron chi connectivity index (χ3n) is 2.17. The van der Waals surface area contributed by atoms with Gasteiger partial charge in [0.2, 0.25) is 0 Å². The van der Waals surface area contributed by atoms with Crippen LogP contribution in [0.25, 0.3) is 0 Å². The summed E-state index contributed by atoms with van der Waals surface area (Å²) in [6.07, 6.45) is -3.29. The van der Waals surface area contributed by atoms with Crippen molar-refractivity contribution in [3.63, 3.8) is 0 Å². The van der Waals surface area contributed by atoms with Gasteiger partial charge in [0, 0.05) is 25.6 Å². The highest BCUT2D eigenvalue weighted by Gasteiger charge is 2.59. The van der Waals surface area contributed by atoms with Gasteiger partial charge in [-0.25, -0.2) is 0 Å². The predicted molar refractivity (Wildman–Crippen MR) is 46.1 cm³/mol. The first-order valence-electron chi connectivity index (χ1n) is 4.44. The minimum atomic E-state index is -4.75. The Morgan fingerprint density at radius 1 is 1.60 bits per heavy atom. The van der Waals surface area contributed by atoms with Gasteiger partial charge in [-0.15, -0.1) is 0 Å². The van der Waals surface area contributed by atoms with E-state index in [0.29, 0.717) is 11.3 Å². The summed E-state index contributed by atoms with van der Waals surface area (Å²) in [5.41, 5.74) is -2.91. The van der Waals surface area contributed by atoms with Crippen molar-refractivity contribution < 1.29 is 23.1 Å². The maximum atomic E-state index is 12.5. The van der Waals surface area contributed by atoms with Crippen LogP contribution in [0.5, 0.6) is 0 Å². The summed E-state index contributed by atoms with van der Waals surface area (Å²) >= 11 is 0. The molecule has 0 bridgehead atoms. The number of aldehydes is 1. The maximum Gasteiger partial charge on any atom is 0.438 e. The Hall–Kier alpha value is -1.11. The molecule has 1 N–H and O–H groups in total. The summed E-state index contributed by atoms with van der Waals surface area (Å²) in [5.74, 6) is 0. The number of alkyl halides is 3. The molecule has 4 nitrogen and oxygen atoms in total. The maximum absolute atomic E-state index is 12.5. The van der Waals surface area contributed by atoms with Crippen LogP contribution in [0.3, 0.4) is 0 Å². The monoisotopic (exact) mass is 224 g/mol. The summed E-state index contributed by atoms with van der Waals surface area (Å²) < 4.78 is 37.4. The van der Waals surface area contributed by atoms with Crippen molar-refractivity contribution in [2.45, 2.75) is 31.2 Å². The fourth-order valence-electron chi connectivity index (χ4n) is 1.30. The molecular formula is C8H11F3N2O2. The lowest BCUT2D eigenvalue weighted by Gasteiger charge is -2.34. The van der Waals surface area contributed by atoms with Crippen molar-refractivity contribution >= 4 is 12.5 Å². The quantitative estimate of drug-likeness (QED) is 0.570. The Balaban J connectivity index is 2.62. The molecule has 0 aliphatic carbocycles. The predicted octanol–water partition coefficient (Wildman–Crippen LogP) is 0.908. The summed E-state index contributed by atoms with van der Waals surface area (Å²) in [6, 6.07) is 0. The van der Waals surface area contributed by atoms with Gasteiger partial charge < -0.3 is 9.90 Å². The summed E-state index contributed by atoms with van der Waals surface area (Å²) in [5, 5.41) is 13.4. The Morgan fingerprint density at radius 3 is 2.80 bits per heavy atom. The second-order valence-corrected chi connectivity index (χ2v) is 3.25. The molecule has 1 aliphatic rings. The van der Waals surface area contributed by atoms with Crippen LogP contribution in [0.1, 0.15) is 19.3 Å². The third-order valence-corrected chi connectivity index (χ3v) is 2.17. The number of hydrogen-bond acceptors (Lipinski definition) is 4. The average molecular weight is 224 g/mol. The Bertz CT molecular complexity index is 267. The van der Waals surface area contributed by atoms with Crippen LogP contribution in [0.2, 0.25) is 0 Å². The second-order valence-electron chi connectivity index (χ2n) is 3.25. The number of nitrogens with zero attached hydrogens (tertiary/aromatic N) is 2. The Labute approximate surface area is 84.4 Å². The van der Waals surface area contributed by atoms with Crippen LogP contribution in [0.15, 0.2) is 5.10 Å². The molecule has 1 rings (SSSR count). The van der Waals surface area contributed by atoms with Gasteiger partial charge in [0.15, 0.2) is 0 Å². The van der Waals surface area contributed by atoms with Crippen LogP contribution in [-0.2, 0) is 4.79 Å². The number of carbonyl (C=O) groups excluding carboxylic acids is 1. The van der Waals surface area contributed by atoms with Gasteiger partial charge in [0.25, 0.3) is 5.72 Å². The van der Waals surface area contributed by atoms with Crippen LogP contribution < -0.4 is 0 Å². The number of hydrazone groups is 1. The molecule has 86 valence electrons. The topological polar surface area (TPSA) is 52.9 Å². The van der Waals surface area contributed by atoms with E-state index in [4.69, 9.17) is 0 Å². The van der Waals surface area contributed by atoms with Crippen LogP contribution in [0, 0.1) is 0 Å². The largest absolute Gasteiger partial charge is 0.438 e. The number of halogens is 3. The van der Waals surface area contributed by atoms with Crippen LogP contribution in [-0.4, -0.2) is 41.1 Å². The van der Waals surface area contributed by atoms with Gasteiger partial charge in [-0.3, -0.25) is 5.01 Å². The van der Waals surface area contributed by atoms with E-state index in [1.165, 1.54) is 0 Å². The molecule has 1 unspecified atom stereocenters. The van der Waals surface area contributed by atoms with Gasteiger partial charge >= 0.3 is 6.18 Å². The molecule has 1 heterocycles. The molecule has 0 radical (unpaired) electrons. The van der Waals surface area contributed by atoms with Gasteiger partial charge in [0.1, 0.15) is 6.29 Å².